The molecular formula is C19H22FN7. The number of fused-ring (bicyclic) bond motifs is 3. The average Bonchev–Trinajstić information content (AvgIpc) is 3.34. The van der Waals surface area contributed by atoms with Crippen LogP contribution in [0.1, 0.15) is 32.7 Å². The lowest BCUT2D eigenvalue weighted by atomic mass is 10.1. The highest BCUT2D eigenvalue weighted by molar-refractivity contribution is 5.78. The summed E-state index contributed by atoms with van der Waals surface area (Å²) in [6, 6.07) is 4.34. The molecule has 1 N–H and O–H groups in total. The van der Waals surface area contributed by atoms with Gasteiger partial charge in [-0.3, -0.25) is 0 Å². The number of anilines is 3. The highest BCUT2D eigenvalue weighted by Gasteiger charge is 2.45. The largest absolute Gasteiger partial charge is 0.337 e. The Kier molecular flexibility index (Phi) is 3.73. The van der Waals surface area contributed by atoms with Crippen molar-refractivity contribution in [1.82, 2.24) is 24.5 Å². The minimum absolute atomic E-state index is 0.121. The molecule has 4 heterocycles. The monoisotopic (exact) mass is 367 g/mol. The number of aromatic nitrogens is 5. The molecule has 8 heteroatoms. The van der Waals surface area contributed by atoms with Crippen molar-refractivity contribution in [3.05, 3.63) is 30.9 Å². The fourth-order valence-corrected chi connectivity index (χ4v) is 4.23. The van der Waals surface area contributed by atoms with E-state index in [1.807, 2.05) is 18.5 Å². The van der Waals surface area contributed by atoms with Crippen LogP contribution in [0.25, 0.3) is 11.0 Å². The summed E-state index contributed by atoms with van der Waals surface area (Å²) in [6.07, 6.45) is 6.15. The molecule has 3 unspecified atom stereocenters. The predicted molar refractivity (Wildman–Crippen MR) is 102 cm³/mol. The number of hydrogen-bond acceptors (Lipinski definition) is 6. The number of imidazole rings is 1. The lowest BCUT2D eigenvalue weighted by Crippen LogP contribution is -2.37. The van der Waals surface area contributed by atoms with E-state index < -0.39 is 6.17 Å². The van der Waals surface area contributed by atoms with Crippen LogP contribution in [-0.4, -0.2) is 43.3 Å². The van der Waals surface area contributed by atoms with Crippen LogP contribution in [0.3, 0.4) is 0 Å². The van der Waals surface area contributed by atoms with Crippen LogP contribution in [0.15, 0.2) is 30.9 Å². The van der Waals surface area contributed by atoms with Crippen molar-refractivity contribution in [2.45, 2.75) is 44.9 Å². The smallest absolute Gasteiger partial charge is 0.227 e. The Morgan fingerprint density at radius 3 is 2.81 bits per heavy atom. The van der Waals surface area contributed by atoms with Gasteiger partial charge < -0.3 is 14.8 Å². The molecule has 2 aliphatic rings. The first kappa shape index (κ1) is 16.4. The molecule has 5 rings (SSSR count). The molecule has 3 atom stereocenters. The van der Waals surface area contributed by atoms with E-state index in [-0.39, 0.29) is 12.0 Å². The molecule has 3 aromatic rings. The Morgan fingerprint density at radius 2 is 2.07 bits per heavy atom. The zero-order valence-corrected chi connectivity index (χ0v) is 15.4. The first-order chi connectivity index (χ1) is 13.1. The van der Waals surface area contributed by atoms with Crippen molar-refractivity contribution in [2.24, 2.45) is 5.92 Å². The van der Waals surface area contributed by atoms with Gasteiger partial charge in [0.1, 0.15) is 23.3 Å². The first-order valence-corrected chi connectivity index (χ1v) is 9.42. The number of rotatable bonds is 4. The molecule has 1 saturated carbocycles. The molecule has 0 spiro atoms. The SMILES string of the molecule is CC(C)n1cnc2cnc(Nc3ccnc(N4CC5CC4CC5F)n3)cc21. The van der Waals surface area contributed by atoms with E-state index in [0.717, 1.165) is 17.5 Å². The molecule has 3 aromatic heterocycles. The fourth-order valence-electron chi connectivity index (χ4n) is 4.23. The summed E-state index contributed by atoms with van der Waals surface area (Å²) in [5.41, 5.74) is 1.90. The molecule has 1 aliphatic carbocycles. The lowest BCUT2D eigenvalue weighted by molar-refractivity contribution is 0.252. The van der Waals surface area contributed by atoms with E-state index in [9.17, 15) is 4.39 Å². The topological polar surface area (TPSA) is 71.8 Å². The molecule has 2 bridgehead atoms. The molecule has 2 fully saturated rings. The van der Waals surface area contributed by atoms with E-state index in [2.05, 4.69) is 48.6 Å². The maximum atomic E-state index is 13.8. The van der Waals surface area contributed by atoms with Crippen molar-refractivity contribution in [3.8, 4) is 0 Å². The summed E-state index contributed by atoms with van der Waals surface area (Å²) < 4.78 is 15.9. The van der Waals surface area contributed by atoms with Crippen molar-refractivity contribution < 1.29 is 4.39 Å². The Labute approximate surface area is 156 Å². The Bertz CT molecular complexity index is 983. The van der Waals surface area contributed by atoms with Gasteiger partial charge in [0.15, 0.2) is 0 Å². The van der Waals surface area contributed by atoms with E-state index >= 15 is 0 Å². The Morgan fingerprint density at radius 1 is 1.19 bits per heavy atom. The van der Waals surface area contributed by atoms with Gasteiger partial charge in [-0.1, -0.05) is 0 Å². The van der Waals surface area contributed by atoms with Crippen molar-refractivity contribution in [2.75, 3.05) is 16.8 Å². The van der Waals surface area contributed by atoms with Crippen LogP contribution in [0.2, 0.25) is 0 Å². The molecule has 0 aromatic carbocycles. The Hall–Kier alpha value is -2.77. The number of nitrogens with zero attached hydrogens (tertiary/aromatic N) is 6. The first-order valence-electron chi connectivity index (χ1n) is 9.42. The van der Waals surface area contributed by atoms with Crippen molar-refractivity contribution in [1.29, 1.82) is 0 Å². The van der Waals surface area contributed by atoms with E-state index in [0.29, 0.717) is 36.6 Å². The average molecular weight is 367 g/mol. The summed E-state index contributed by atoms with van der Waals surface area (Å²) in [4.78, 5) is 20.0. The maximum absolute atomic E-state index is 13.8. The van der Waals surface area contributed by atoms with Gasteiger partial charge in [-0.2, -0.15) is 4.98 Å². The second kappa shape index (κ2) is 6.14. The van der Waals surface area contributed by atoms with Crippen LogP contribution >= 0.6 is 0 Å². The third kappa shape index (κ3) is 2.79. The quantitative estimate of drug-likeness (QED) is 0.761. The van der Waals surface area contributed by atoms with Gasteiger partial charge in [-0.15, -0.1) is 0 Å². The second-order valence-corrected chi connectivity index (χ2v) is 7.72. The normalized spacial score (nSPS) is 24.3. The van der Waals surface area contributed by atoms with E-state index in [1.54, 1.807) is 12.4 Å². The highest BCUT2D eigenvalue weighted by Crippen LogP contribution is 2.41. The number of pyridine rings is 1. The van der Waals surface area contributed by atoms with Gasteiger partial charge in [-0.05, 0) is 32.8 Å². The number of hydrogen-bond donors (Lipinski definition) is 1. The van der Waals surface area contributed by atoms with Crippen LogP contribution < -0.4 is 10.2 Å². The third-order valence-electron chi connectivity index (χ3n) is 5.63. The van der Waals surface area contributed by atoms with E-state index in [1.165, 1.54) is 0 Å². The minimum Gasteiger partial charge on any atom is -0.337 e. The predicted octanol–water partition coefficient (Wildman–Crippen LogP) is 3.48. The van der Waals surface area contributed by atoms with Gasteiger partial charge in [0.2, 0.25) is 5.95 Å². The molecular weight excluding hydrogens is 345 g/mol. The molecule has 0 radical (unpaired) electrons. The van der Waals surface area contributed by atoms with Crippen LogP contribution in [0, 0.1) is 5.92 Å². The van der Waals surface area contributed by atoms with Crippen molar-refractivity contribution in [3.63, 3.8) is 0 Å². The molecule has 0 amide bonds. The number of alkyl halides is 1. The van der Waals surface area contributed by atoms with Gasteiger partial charge in [0.05, 0.1) is 18.0 Å². The molecule has 27 heavy (non-hydrogen) atoms. The second-order valence-electron chi connectivity index (χ2n) is 7.72. The lowest BCUT2D eigenvalue weighted by Gasteiger charge is -2.28. The minimum atomic E-state index is -0.672. The summed E-state index contributed by atoms with van der Waals surface area (Å²) in [6.45, 7) is 4.95. The molecule has 1 aliphatic heterocycles. The van der Waals surface area contributed by atoms with Gasteiger partial charge in [-0.25, -0.2) is 19.3 Å². The van der Waals surface area contributed by atoms with Gasteiger partial charge in [0, 0.05) is 36.8 Å². The standard InChI is InChI=1S/C19H22FN7/c1-11(2)27-10-23-15-8-22-18(7-16(15)27)24-17-3-4-21-19(25-17)26-9-12-5-13(26)6-14(12)20/h3-4,7-8,10-14H,5-6,9H2,1-2H3,(H,21,22,24,25). The van der Waals surface area contributed by atoms with Crippen LogP contribution in [0.5, 0.6) is 0 Å². The number of piperidine rings is 1. The maximum Gasteiger partial charge on any atom is 0.227 e. The van der Waals surface area contributed by atoms with Gasteiger partial charge in [0.25, 0.3) is 0 Å². The van der Waals surface area contributed by atoms with E-state index in [4.69, 9.17) is 0 Å². The van der Waals surface area contributed by atoms with Gasteiger partial charge >= 0.3 is 0 Å². The summed E-state index contributed by atoms with van der Waals surface area (Å²) in [5, 5.41) is 3.26. The molecule has 140 valence electrons. The number of halogens is 1. The van der Waals surface area contributed by atoms with Crippen LogP contribution in [0.4, 0.5) is 22.0 Å². The van der Waals surface area contributed by atoms with Crippen LogP contribution in [-0.2, 0) is 0 Å². The number of nitrogens with one attached hydrogen (secondary N) is 1. The van der Waals surface area contributed by atoms with Crippen molar-refractivity contribution >= 4 is 28.6 Å². The fraction of sp³-hybridized carbons (Fsp3) is 0.474. The zero-order valence-electron chi connectivity index (χ0n) is 15.4. The zero-order chi connectivity index (χ0) is 18.5. The summed E-state index contributed by atoms with van der Waals surface area (Å²) in [5.74, 6) is 2.17. The Balaban J connectivity index is 1.40. The molecule has 1 saturated heterocycles. The third-order valence-corrected chi connectivity index (χ3v) is 5.63. The summed E-state index contributed by atoms with van der Waals surface area (Å²) >= 11 is 0. The summed E-state index contributed by atoms with van der Waals surface area (Å²) in [7, 11) is 0. The molecule has 7 nitrogen and oxygen atoms in total. The highest BCUT2D eigenvalue weighted by atomic mass is 19.1.